The molecule has 0 aliphatic carbocycles. The molecule has 3 aromatic heterocycles. The van der Waals surface area contributed by atoms with Crippen molar-refractivity contribution in [2.45, 2.75) is 20.4 Å². The average Bonchev–Trinajstić information content (AvgIpc) is 3.29. The van der Waals surface area contributed by atoms with Crippen molar-refractivity contribution < 1.29 is 9.18 Å². The monoisotopic (exact) mass is 447 g/mol. The predicted octanol–water partition coefficient (Wildman–Crippen LogP) is 4.17. The van der Waals surface area contributed by atoms with Gasteiger partial charge in [0.1, 0.15) is 18.7 Å². The number of fused-ring (bicyclic) bond motifs is 3. The first-order valence-electron chi connectivity index (χ1n) is 9.88. The highest BCUT2D eigenvalue weighted by molar-refractivity contribution is 7.18. The van der Waals surface area contributed by atoms with E-state index < -0.39 is 5.69 Å². The average molecular weight is 447 g/mol. The Kier molecular flexibility index (Phi) is 4.82. The van der Waals surface area contributed by atoms with Crippen molar-refractivity contribution in [3.8, 4) is 11.1 Å². The van der Waals surface area contributed by atoms with Gasteiger partial charge in [0.25, 0.3) is 0 Å². The van der Waals surface area contributed by atoms with Crippen molar-refractivity contribution in [2.75, 3.05) is 5.32 Å². The number of thiophene rings is 1. The van der Waals surface area contributed by atoms with Crippen molar-refractivity contribution in [3.63, 3.8) is 0 Å². The molecule has 0 saturated heterocycles. The van der Waals surface area contributed by atoms with Crippen LogP contribution >= 0.6 is 11.3 Å². The quantitative estimate of drug-likeness (QED) is 0.448. The molecule has 1 N–H and O–H groups in total. The Balaban J connectivity index is 1.49. The summed E-state index contributed by atoms with van der Waals surface area (Å²) in [6.45, 7) is 3.69. The molecule has 0 saturated carbocycles. The van der Waals surface area contributed by atoms with Gasteiger partial charge in [0.05, 0.1) is 10.2 Å². The van der Waals surface area contributed by atoms with Crippen LogP contribution in [0.2, 0.25) is 0 Å². The molecule has 1 amide bonds. The van der Waals surface area contributed by atoms with Gasteiger partial charge < -0.3 is 5.32 Å². The van der Waals surface area contributed by atoms with Crippen LogP contribution in [-0.4, -0.2) is 25.1 Å². The molecular weight excluding hydrogens is 429 g/mol. The SMILES string of the molecule is Cc1cc(C)cc(NC(=O)Cn2nc3c4scc(-c5ccc(F)cc5)c4ncn3c2=O)c1. The molecule has 9 heteroatoms. The van der Waals surface area contributed by atoms with Gasteiger partial charge in [0, 0.05) is 16.6 Å². The summed E-state index contributed by atoms with van der Waals surface area (Å²) in [5.41, 5.74) is 5.06. The first-order valence-corrected chi connectivity index (χ1v) is 10.8. The van der Waals surface area contributed by atoms with Gasteiger partial charge in [-0.15, -0.1) is 16.4 Å². The number of amides is 1. The van der Waals surface area contributed by atoms with Gasteiger partial charge in [0.15, 0.2) is 5.65 Å². The number of anilines is 1. The van der Waals surface area contributed by atoms with E-state index in [-0.39, 0.29) is 18.3 Å². The van der Waals surface area contributed by atoms with E-state index in [9.17, 15) is 14.0 Å². The molecule has 5 aromatic rings. The fourth-order valence-electron chi connectivity index (χ4n) is 3.75. The summed E-state index contributed by atoms with van der Waals surface area (Å²) in [6.07, 6.45) is 1.41. The molecule has 0 radical (unpaired) electrons. The minimum absolute atomic E-state index is 0.217. The Labute approximate surface area is 185 Å². The third-order valence-electron chi connectivity index (χ3n) is 5.09. The Hall–Kier alpha value is -3.85. The van der Waals surface area contributed by atoms with E-state index in [2.05, 4.69) is 15.4 Å². The Morgan fingerprint density at radius 2 is 1.84 bits per heavy atom. The number of carbonyl (C=O) groups is 1. The lowest BCUT2D eigenvalue weighted by molar-refractivity contribution is -0.117. The number of benzene rings is 2. The highest BCUT2D eigenvalue weighted by Gasteiger charge is 2.17. The summed E-state index contributed by atoms with van der Waals surface area (Å²) >= 11 is 1.40. The van der Waals surface area contributed by atoms with Crippen LogP contribution in [0.5, 0.6) is 0 Å². The molecule has 0 bridgehead atoms. The van der Waals surface area contributed by atoms with Crippen LogP contribution in [0.3, 0.4) is 0 Å². The fraction of sp³-hybridized carbons (Fsp3) is 0.130. The minimum Gasteiger partial charge on any atom is -0.324 e. The lowest BCUT2D eigenvalue weighted by Crippen LogP contribution is -2.28. The number of aryl methyl sites for hydroxylation is 2. The van der Waals surface area contributed by atoms with Crippen LogP contribution in [0.1, 0.15) is 11.1 Å². The van der Waals surface area contributed by atoms with Gasteiger partial charge in [-0.1, -0.05) is 18.2 Å². The minimum atomic E-state index is -0.443. The zero-order chi connectivity index (χ0) is 22.4. The van der Waals surface area contributed by atoms with Crippen LogP contribution in [0, 0.1) is 19.7 Å². The van der Waals surface area contributed by atoms with Gasteiger partial charge in [-0.05, 0) is 54.8 Å². The topological polar surface area (TPSA) is 81.3 Å². The third kappa shape index (κ3) is 3.56. The van der Waals surface area contributed by atoms with E-state index in [1.807, 2.05) is 37.4 Å². The molecule has 3 heterocycles. The van der Waals surface area contributed by atoms with E-state index in [0.29, 0.717) is 16.9 Å². The summed E-state index contributed by atoms with van der Waals surface area (Å²) in [4.78, 5) is 29.8. The normalized spacial score (nSPS) is 11.3. The maximum absolute atomic E-state index is 13.3. The second-order valence-electron chi connectivity index (χ2n) is 7.64. The molecule has 7 nitrogen and oxygen atoms in total. The third-order valence-corrected chi connectivity index (χ3v) is 6.06. The second kappa shape index (κ2) is 7.69. The second-order valence-corrected chi connectivity index (χ2v) is 8.52. The number of aromatic nitrogens is 4. The largest absolute Gasteiger partial charge is 0.352 e. The lowest BCUT2D eigenvalue weighted by Gasteiger charge is -2.07. The molecule has 0 fully saturated rings. The number of nitrogens with zero attached hydrogens (tertiary/aromatic N) is 4. The molecule has 5 rings (SSSR count). The van der Waals surface area contributed by atoms with Crippen LogP contribution in [-0.2, 0) is 11.3 Å². The number of nitrogens with one attached hydrogen (secondary N) is 1. The van der Waals surface area contributed by atoms with Gasteiger partial charge in [0.2, 0.25) is 5.91 Å². The zero-order valence-corrected chi connectivity index (χ0v) is 18.1. The molecule has 0 unspecified atom stereocenters. The highest BCUT2D eigenvalue weighted by Crippen LogP contribution is 2.34. The predicted molar refractivity (Wildman–Crippen MR) is 123 cm³/mol. The number of carbonyl (C=O) groups excluding carboxylic acids is 1. The molecule has 32 heavy (non-hydrogen) atoms. The summed E-state index contributed by atoms with van der Waals surface area (Å²) in [7, 11) is 0. The van der Waals surface area contributed by atoms with E-state index in [4.69, 9.17) is 0 Å². The molecule has 0 atom stereocenters. The van der Waals surface area contributed by atoms with Gasteiger partial charge in [-0.3, -0.25) is 4.79 Å². The van der Waals surface area contributed by atoms with Crippen LogP contribution in [0.4, 0.5) is 10.1 Å². The number of halogens is 1. The van der Waals surface area contributed by atoms with E-state index >= 15 is 0 Å². The van der Waals surface area contributed by atoms with E-state index in [0.717, 1.165) is 31.6 Å². The Morgan fingerprint density at radius 3 is 2.56 bits per heavy atom. The first-order chi connectivity index (χ1) is 15.4. The number of rotatable bonds is 4. The smallest absolute Gasteiger partial charge is 0.324 e. The lowest BCUT2D eigenvalue weighted by atomic mass is 10.1. The summed E-state index contributed by atoms with van der Waals surface area (Å²) < 4.78 is 16.5. The molecule has 160 valence electrons. The van der Waals surface area contributed by atoms with Crippen LogP contribution in [0.25, 0.3) is 27.0 Å². The highest BCUT2D eigenvalue weighted by atomic mass is 32.1. The number of hydrogen-bond acceptors (Lipinski definition) is 5. The number of hydrogen-bond donors (Lipinski definition) is 1. The standard InChI is InChI=1S/C23H18FN5O2S/c1-13-7-14(2)9-17(8-13)26-19(30)10-29-23(31)28-12-25-20-18(11-32-21(20)22(28)27-29)15-3-5-16(24)6-4-15/h3-9,11-12H,10H2,1-2H3,(H,26,30). The molecule has 0 aliphatic rings. The molecule has 2 aromatic carbocycles. The maximum atomic E-state index is 13.3. The van der Waals surface area contributed by atoms with Gasteiger partial charge in [-0.2, -0.15) is 0 Å². The Morgan fingerprint density at radius 1 is 1.12 bits per heavy atom. The van der Waals surface area contributed by atoms with Crippen LogP contribution in [0.15, 0.2) is 59.0 Å². The van der Waals surface area contributed by atoms with E-state index in [1.165, 1.54) is 34.2 Å². The summed E-state index contributed by atoms with van der Waals surface area (Å²) in [5, 5.41) is 9.12. The summed E-state index contributed by atoms with van der Waals surface area (Å²) in [5.74, 6) is -0.657. The maximum Gasteiger partial charge on any atom is 0.352 e. The van der Waals surface area contributed by atoms with Gasteiger partial charge >= 0.3 is 5.69 Å². The van der Waals surface area contributed by atoms with Crippen molar-refractivity contribution in [1.82, 2.24) is 19.2 Å². The van der Waals surface area contributed by atoms with Gasteiger partial charge in [-0.25, -0.2) is 23.3 Å². The van der Waals surface area contributed by atoms with Crippen molar-refractivity contribution in [2.24, 2.45) is 0 Å². The zero-order valence-electron chi connectivity index (χ0n) is 17.3. The summed E-state index contributed by atoms with van der Waals surface area (Å²) in [6, 6.07) is 11.9. The van der Waals surface area contributed by atoms with E-state index in [1.54, 1.807) is 12.1 Å². The molecule has 0 spiro atoms. The van der Waals surface area contributed by atoms with Crippen LogP contribution < -0.4 is 11.0 Å². The molecular formula is C23H18FN5O2S. The van der Waals surface area contributed by atoms with Crippen molar-refractivity contribution in [3.05, 3.63) is 81.6 Å². The first kappa shape index (κ1) is 20.1. The fourth-order valence-corrected chi connectivity index (χ4v) is 4.76. The molecule has 0 aliphatic heterocycles. The van der Waals surface area contributed by atoms with Crippen molar-refractivity contribution in [1.29, 1.82) is 0 Å². The Bertz CT molecular complexity index is 1530. The van der Waals surface area contributed by atoms with Crippen molar-refractivity contribution >= 4 is 38.8 Å².